The zero-order chi connectivity index (χ0) is 23.6. The first kappa shape index (κ1) is 22.9. The predicted molar refractivity (Wildman–Crippen MR) is 133 cm³/mol. The number of anilines is 1. The highest BCUT2D eigenvalue weighted by Crippen LogP contribution is 2.43. The van der Waals surface area contributed by atoms with Gasteiger partial charge in [0.1, 0.15) is 28.4 Å². The van der Waals surface area contributed by atoms with Crippen LogP contribution in [0.5, 0.6) is 17.2 Å². The zero-order valence-electron chi connectivity index (χ0n) is 19.8. The summed E-state index contributed by atoms with van der Waals surface area (Å²) < 4.78 is 11.3. The molecule has 1 fully saturated rings. The number of allylic oxidation sites excluding steroid dienone is 1. The number of aromatic hydroxyl groups is 1. The number of rotatable bonds is 6. The lowest BCUT2D eigenvalue weighted by molar-refractivity contribution is 0.104. The van der Waals surface area contributed by atoms with Crippen molar-refractivity contribution in [2.45, 2.75) is 26.4 Å². The second kappa shape index (κ2) is 9.32. The number of phenolic OH excluding ortho intramolecular Hbond substituents is 1. The van der Waals surface area contributed by atoms with Crippen LogP contribution in [0.1, 0.15) is 42.3 Å². The molecule has 0 radical (unpaired) electrons. The summed E-state index contributed by atoms with van der Waals surface area (Å²) >= 11 is 0. The lowest BCUT2D eigenvalue weighted by atomic mass is 9.97. The Labute approximate surface area is 195 Å². The summed E-state index contributed by atoms with van der Waals surface area (Å²) in [7, 11) is 1.48. The Bertz CT molecular complexity index is 1080. The average Bonchev–Trinajstić information content (AvgIpc) is 2.82. The summed E-state index contributed by atoms with van der Waals surface area (Å²) in [5.41, 5.74) is 2.23. The van der Waals surface area contributed by atoms with Crippen molar-refractivity contribution in [1.29, 1.82) is 0 Å². The molecule has 2 aliphatic heterocycles. The van der Waals surface area contributed by atoms with Crippen molar-refractivity contribution in [2.24, 2.45) is 0 Å². The SMILES string of the molecule is CCN1CCN(c2ccc(/C=C/C(=O)c3c(OC)cc4c(c3O)C=CC(C)(C)O4)cc2)CC1. The largest absolute Gasteiger partial charge is 0.506 e. The number of fused-ring (bicyclic) bond motifs is 1. The van der Waals surface area contributed by atoms with Gasteiger partial charge in [-0.15, -0.1) is 0 Å². The van der Waals surface area contributed by atoms with Crippen LogP contribution in [-0.2, 0) is 0 Å². The third kappa shape index (κ3) is 4.91. The summed E-state index contributed by atoms with van der Waals surface area (Å²) in [6, 6.07) is 9.86. The number of carbonyl (C=O) groups excluding carboxylic acids is 1. The van der Waals surface area contributed by atoms with Gasteiger partial charge in [-0.3, -0.25) is 4.79 Å². The van der Waals surface area contributed by atoms with E-state index >= 15 is 0 Å². The number of piperazine rings is 1. The molecule has 2 heterocycles. The topological polar surface area (TPSA) is 62.2 Å². The fourth-order valence-corrected chi connectivity index (χ4v) is 4.26. The Hall–Kier alpha value is -3.25. The van der Waals surface area contributed by atoms with E-state index in [1.54, 1.807) is 18.2 Å². The molecule has 0 amide bonds. The highest BCUT2D eigenvalue weighted by Gasteiger charge is 2.28. The van der Waals surface area contributed by atoms with Crippen molar-refractivity contribution in [3.05, 3.63) is 59.2 Å². The third-order valence-electron chi connectivity index (χ3n) is 6.26. The molecular formula is C27H32N2O4. The van der Waals surface area contributed by atoms with E-state index in [4.69, 9.17) is 9.47 Å². The Balaban J connectivity index is 1.51. The smallest absolute Gasteiger partial charge is 0.193 e. The van der Waals surface area contributed by atoms with Crippen LogP contribution in [0.25, 0.3) is 12.2 Å². The lowest BCUT2D eigenvalue weighted by Gasteiger charge is -2.35. The number of hydrogen-bond donors (Lipinski definition) is 1. The average molecular weight is 449 g/mol. The summed E-state index contributed by atoms with van der Waals surface area (Å²) in [6.45, 7) is 11.3. The summed E-state index contributed by atoms with van der Waals surface area (Å²) in [6.07, 6.45) is 6.87. The van der Waals surface area contributed by atoms with Crippen LogP contribution in [0.3, 0.4) is 0 Å². The lowest BCUT2D eigenvalue weighted by Crippen LogP contribution is -2.46. The molecule has 1 N–H and O–H groups in total. The molecule has 0 atom stereocenters. The fraction of sp³-hybridized carbons (Fsp3) is 0.370. The van der Waals surface area contributed by atoms with Crippen LogP contribution in [-0.4, -0.2) is 61.2 Å². The van der Waals surface area contributed by atoms with Gasteiger partial charge in [0, 0.05) is 37.9 Å². The van der Waals surface area contributed by atoms with Crippen LogP contribution >= 0.6 is 0 Å². The van der Waals surface area contributed by atoms with E-state index in [0.717, 1.165) is 38.3 Å². The molecule has 174 valence electrons. The summed E-state index contributed by atoms with van der Waals surface area (Å²) in [5, 5.41) is 10.8. The Morgan fingerprint density at radius 3 is 2.52 bits per heavy atom. The summed E-state index contributed by atoms with van der Waals surface area (Å²) in [4.78, 5) is 17.8. The maximum Gasteiger partial charge on any atom is 0.193 e. The van der Waals surface area contributed by atoms with Crippen LogP contribution in [0.4, 0.5) is 5.69 Å². The van der Waals surface area contributed by atoms with Gasteiger partial charge in [0.25, 0.3) is 0 Å². The van der Waals surface area contributed by atoms with Gasteiger partial charge in [-0.2, -0.15) is 0 Å². The molecule has 0 bridgehead atoms. The Kier molecular flexibility index (Phi) is 6.47. The van der Waals surface area contributed by atoms with E-state index < -0.39 is 5.60 Å². The highest BCUT2D eigenvalue weighted by molar-refractivity contribution is 6.11. The standard InChI is InChI=1S/C27H32N2O4/c1-5-28-14-16-29(17-15-28)20-9-6-19(7-10-20)8-11-22(30)25-24(32-4)18-23-21(26(25)31)12-13-27(2,3)33-23/h6-13,18,31H,5,14-17H2,1-4H3/b11-8+. The van der Waals surface area contributed by atoms with E-state index in [1.165, 1.54) is 18.9 Å². The van der Waals surface area contributed by atoms with E-state index in [1.807, 2.05) is 32.1 Å². The molecular weight excluding hydrogens is 416 g/mol. The summed E-state index contributed by atoms with van der Waals surface area (Å²) in [5.74, 6) is 0.318. The quantitative estimate of drug-likeness (QED) is 0.514. The number of hydrogen-bond acceptors (Lipinski definition) is 6. The van der Waals surface area contributed by atoms with Gasteiger partial charge in [-0.05, 0) is 56.3 Å². The molecule has 2 aromatic rings. The molecule has 6 heteroatoms. The van der Waals surface area contributed by atoms with Crippen LogP contribution in [0, 0.1) is 0 Å². The molecule has 2 aromatic carbocycles. The number of ether oxygens (including phenoxy) is 2. The predicted octanol–water partition coefficient (Wildman–Crippen LogP) is 4.62. The van der Waals surface area contributed by atoms with Gasteiger partial charge >= 0.3 is 0 Å². The number of ketones is 1. The number of likely N-dealkylation sites (N-methyl/N-ethyl adjacent to an activating group) is 1. The molecule has 1 saturated heterocycles. The molecule has 0 saturated carbocycles. The van der Waals surface area contributed by atoms with Crippen molar-refractivity contribution in [2.75, 3.05) is 44.7 Å². The molecule has 4 rings (SSSR count). The Morgan fingerprint density at radius 1 is 1.18 bits per heavy atom. The zero-order valence-corrected chi connectivity index (χ0v) is 19.8. The molecule has 0 aromatic heterocycles. The van der Waals surface area contributed by atoms with Gasteiger partial charge in [0.05, 0.1) is 12.7 Å². The van der Waals surface area contributed by atoms with Crippen molar-refractivity contribution in [1.82, 2.24) is 4.90 Å². The molecule has 6 nitrogen and oxygen atoms in total. The normalized spacial score (nSPS) is 17.6. The van der Waals surface area contributed by atoms with E-state index in [9.17, 15) is 9.90 Å². The second-order valence-corrected chi connectivity index (χ2v) is 8.96. The number of benzene rings is 2. The van der Waals surface area contributed by atoms with Gasteiger partial charge < -0.3 is 24.4 Å². The van der Waals surface area contributed by atoms with Gasteiger partial charge in [-0.25, -0.2) is 0 Å². The monoisotopic (exact) mass is 448 g/mol. The number of carbonyl (C=O) groups is 1. The van der Waals surface area contributed by atoms with Gasteiger partial charge in [0.15, 0.2) is 5.78 Å². The van der Waals surface area contributed by atoms with Gasteiger partial charge in [0.2, 0.25) is 0 Å². The Morgan fingerprint density at radius 2 is 1.88 bits per heavy atom. The van der Waals surface area contributed by atoms with Crippen LogP contribution < -0.4 is 14.4 Å². The minimum Gasteiger partial charge on any atom is -0.506 e. The minimum absolute atomic E-state index is 0.130. The number of methoxy groups -OCH3 is 1. The number of phenols is 1. The van der Waals surface area contributed by atoms with Crippen molar-refractivity contribution in [3.63, 3.8) is 0 Å². The van der Waals surface area contributed by atoms with E-state index in [2.05, 4.69) is 28.9 Å². The van der Waals surface area contributed by atoms with Gasteiger partial charge in [-0.1, -0.05) is 25.1 Å². The number of nitrogens with zero attached hydrogens (tertiary/aromatic N) is 2. The molecule has 33 heavy (non-hydrogen) atoms. The first-order valence-electron chi connectivity index (χ1n) is 11.4. The molecule has 0 unspecified atom stereocenters. The minimum atomic E-state index is -0.494. The molecule has 0 aliphatic carbocycles. The van der Waals surface area contributed by atoms with Crippen LogP contribution in [0.15, 0.2) is 42.5 Å². The first-order chi connectivity index (χ1) is 15.8. The van der Waals surface area contributed by atoms with E-state index in [-0.39, 0.29) is 22.8 Å². The third-order valence-corrected chi connectivity index (χ3v) is 6.26. The van der Waals surface area contributed by atoms with Crippen molar-refractivity contribution >= 4 is 23.6 Å². The van der Waals surface area contributed by atoms with Crippen molar-refractivity contribution < 1.29 is 19.4 Å². The molecule has 0 spiro atoms. The molecule has 2 aliphatic rings. The van der Waals surface area contributed by atoms with Crippen LogP contribution in [0.2, 0.25) is 0 Å². The second-order valence-electron chi connectivity index (χ2n) is 8.96. The van der Waals surface area contributed by atoms with Crippen molar-refractivity contribution in [3.8, 4) is 17.2 Å². The maximum atomic E-state index is 13.0. The maximum absolute atomic E-state index is 13.0. The van der Waals surface area contributed by atoms with E-state index in [0.29, 0.717) is 11.3 Å². The first-order valence-corrected chi connectivity index (χ1v) is 11.4. The highest BCUT2D eigenvalue weighted by atomic mass is 16.5. The fourth-order valence-electron chi connectivity index (χ4n) is 4.26.